The number of aromatic nitrogens is 1. The van der Waals surface area contributed by atoms with E-state index in [2.05, 4.69) is 16.8 Å². The molecule has 7 nitrogen and oxygen atoms in total. The van der Waals surface area contributed by atoms with Crippen molar-refractivity contribution in [3.8, 4) is 0 Å². The van der Waals surface area contributed by atoms with Crippen molar-refractivity contribution >= 4 is 27.5 Å². The zero-order valence-corrected chi connectivity index (χ0v) is 19.9. The fourth-order valence-corrected chi connectivity index (χ4v) is 6.48. The van der Waals surface area contributed by atoms with Crippen molar-refractivity contribution < 1.29 is 13.2 Å². The smallest absolute Gasteiger partial charge is 0.253 e. The third-order valence-electron chi connectivity index (χ3n) is 6.20. The van der Waals surface area contributed by atoms with Crippen molar-refractivity contribution in [3.63, 3.8) is 0 Å². The van der Waals surface area contributed by atoms with E-state index in [1.165, 1.54) is 16.4 Å². The van der Waals surface area contributed by atoms with E-state index in [9.17, 15) is 13.2 Å². The molecule has 0 bridgehead atoms. The first-order valence-corrected chi connectivity index (χ1v) is 12.9. The van der Waals surface area contributed by atoms with Gasteiger partial charge in [-0.1, -0.05) is 24.6 Å². The van der Waals surface area contributed by atoms with E-state index in [1.54, 1.807) is 17.2 Å². The lowest BCUT2D eigenvalue weighted by atomic mass is 10.0. The van der Waals surface area contributed by atoms with Crippen molar-refractivity contribution in [1.82, 2.24) is 19.1 Å². The van der Waals surface area contributed by atoms with E-state index >= 15 is 0 Å². The molecule has 2 fully saturated rings. The predicted molar refractivity (Wildman–Crippen MR) is 124 cm³/mol. The predicted octanol–water partition coefficient (Wildman–Crippen LogP) is 3.11. The highest BCUT2D eigenvalue weighted by atomic mass is 35.5. The van der Waals surface area contributed by atoms with Crippen LogP contribution in [0.25, 0.3) is 0 Å². The highest BCUT2D eigenvalue weighted by Gasteiger charge is 2.31. The molecule has 1 amide bonds. The molecule has 1 aromatic heterocycles. The molecule has 2 aliphatic heterocycles. The van der Waals surface area contributed by atoms with Crippen LogP contribution >= 0.6 is 11.6 Å². The average molecular weight is 477 g/mol. The number of nitrogens with zero attached hydrogens (tertiary/aromatic N) is 4. The molecule has 32 heavy (non-hydrogen) atoms. The Balaban J connectivity index is 1.45. The van der Waals surface area contributed by atoms with Crippen LogP contribution in [-0.4, -0.2) is 72.7 Å². The fraction of sp³-hybridized carbons (Fsp3) is 0.478. The number of piperidine rings is 1. The number of halogens is 1. The van der Waals surface area contributed by atoms with Crippen LogP contribution in [0.1, 0.15) is 35.7 Å². The molecule has 0 aliphatic carbocycles. The first-order valence-electron chi connectivity index (χ1n) is 11.0. The molecule has 2 saturated heterocycles. The zero-order valence-electron chi connectivity index (χ0n) is 18.3. The van der Waals surface area contributed by atoms with Gasteiger partial charge in [-0.3, -0.25) is 14.7 Å². The van der Waals surface area contributed by atoms with Crippen LogP contribution in [0.15, 0.2) is 47.6 Å². The maximum absolute atomic E-state index is 13.2. The van der Waals surface area contributed by atoms with E-state index in [1.807, 2.05) is 18.3 Å². The standard InChI is InChI=1S/C23H29ClN4O3S/c1-18-4-3-9-28(16-18)32(30,31)22-14-20(6-7-21(22)24)23(29)27-12-10-26(11-13-27)17-19-5-2-8-25-15-19/h2,5-8,14-15,18H,3-4,9-13,16-17H2,1H3. The summed E-state index contributed by atoms with van der Waals surface area (Å²) in [7, 11) is -3.74. The van der Waals surface area contributed by atoms with Crippen molar-refractivity contribution in [1.29, 1.82) is 0 Å². The number of sulfonamides is 1. The van der Waals surface area contributed by atoms with Crippen LogP contribution in [0.3, 0.4) is 0 Å². The second kappa shape index (κ2) is 9.87. The van der Waals surface area contributed by atoms with Crippen LogP contribution in [0.2, 0.25) is 5.02 Å². The van der Waals surface area contributed by atoms with E-state index < -0.39 is 10.0 Å². The number of benzene rings is 1. The van der Waals surface area contributed by atoms with Gasteiger partial charge in [0.15, 0.2) is 0 Å². The summed E-state index contributed by atoms with van der Waals surface area (Å²) in [6.45, 7) is 6.51. The molecule has 1 atom stereocenters. The summed E-state index contributed by atoms with van der Waals surface area (Å²) < 4.78 is 27.9. The van der Waals surface area contributed by atoms with Gasteiger partial charge in [0, 0.05) is 63.8 Å². The van der Waals surface area contributed by atoms with Crippen molar-refractivity contribution in [2.24, 2.45) is 5.92 Å². The number of hydrogen-bond acceptors (Lipinski definition) is 5. The Morgan fingerprint density at radius 3 is 2.62 bits per heavy atom. The Morgan fingerprint density at radius 2 is 1.94 bits per heavy atom. The number of rotatable bonds is 5. The summed E-state index contributed by atoms with van der Waals surface area (Å²) in [5.41, 5.74) is 1.51. The second-order valence-corrected chi connectivity index (χ2v) is 11.0. The maximum atomic E-state index is 13.2. The van der Waals surface area contributed by atoms with Gasteiger partial charge in [0.2, 0.25) is 10.0 Å². The number of piperazine rings is 1. The van der Waals surface area contributed by atoms with E-state index in [4.69, 9.17) is 11.6 Å². The lowest BCUT2D eigenvalue weighted by Crippen LogP contribution is -2.48. The van der Waals surface area contributed by atoms with Crippen molar-refractivity contribution in [2.45, 2.75) is 31.2 Å². The summed E-state index contributed by atoms with van der Waals surface area (Å²) in [5.74, 6) is 0.149. The molecule has 2 aromatic rings. The largest absolute Gasteiger partial charge is 0.336 e. The first-order chi connectivity index (χ1) is 15.3. The Labute approximate surface area is 195 Å². The molecule has 0 radical (unpaired) electrons. The molecule has 3 heterocycles. The number of carbonyl (C=O) groups excluding carboxylic acids is 1. The Bertz CT molecular complexity index is 1060. The van der Waals surface area contributed by atoms with E-state index in [-0.39, 0.29) is 15.8 Å². The first kappa shape index (κ1) is 23.2. The minimum Gasteiger partial charge on any atom is -0.336 e. The number of amides is 1. The summed E-state index contributed by atoms with van der Waals surface area (Å²) in [6.07, 6.45) is 5.47. The summed E-state index contributed by atoms with van der Waals surface area (Å²) in [4.78, 5) is 21.4. The molecule has 1 unspecified atom stereocenters. The molecular formula is C23H29ClN4O3S. The summed E-state index contributed by atoms with van der Waals surface area (Å²) >= 11 is 6.28. The highest BCUT2D eigenvalue weighted by molar-refractivity contribution is 7.89. The second-order valence-electron chi connectivity index (χ2n) is 8.69. The molecule has 4 rings (SSSR count). The zero-order chi connectivity index (χ0) is 22.7. The molecule has 2 aliphatic rings. The van der Waals surface area contributed by atoms with Crippen LogP contribution in [0.4, 0.5) is 0 Å². The normalized spacial score (nSPS) is 20.9. The SMILES string of the molecule is CC1CCCN(S(=O)(=O)c2cc(C(=O)N3CCN(Cc4cccnc4)CC3)ccc2Cl)C1. The summed E-state index contributed by atoms with van der Waals surface area (Å²) in [6, 6.07) is 8.55. The molecule has 0 N–H and O–H groups in total. The third-order valence-corrected chi connectivity index (χ3v) is 8.55. The van der Waals surface area contributed by atoms with E-state index in [0.29, 0.717) is 37.7 Å². The van der Waals surface area contributed by atoms with Crippen molar-refractivity contribution in [2.75, 3.05) is 39.3 Å². The van der Waals surface area contributed by atoms with Crippen molar-refractivity contribution in [3.05, 3.63) is 58.9 Å². The minimum atomic E-state index is -3.74. The minimum absolute atomic E-state index is 0.0225. The van der Waals surface area contributed by atoms with Gasteiger partial charge in [-0.2, -0.15) is 4.31 Å². The Morgan fingerprint density at radius 1 is 1.16 bits per heavy atom. The third kappa shape index (κ3) is 5.14. The Hall–Kier alpha value is -2.00. The molecule has 0 saturated carbocycles. The molecule has 172 valence electrons. The number of hydrogen-bond donors (Lipinski definition) is 0. The summed E-state index contributed by atoms with van der Waals surface area (Å²) in [5, 5.41) is 0.154. The molecule has 1 aromatic carbocycles. The van der Waals surface area contributed by atoms with Gasteiger partial charge in [0.25, 0.3) is 5.91 Å². The van der Waals surface area contributed by atoms with Crippen LogP contribution < -0.4 is 0 Å². The van der Waals surface area contributed by atoms with Crippen LogP contribution in [-0.2, 0) is 16.6 Å². The van der Waals surface area contributed by atoms with E-state index in [0.717, 1.165) is 38.0 Å². The average Bonchev–Trinajstić information content (AvgIpc) is 2.80. The number of carbonyl (C=O) groups is 1. The van der Waals surface area contributed by atoms with Crippen LogP contribution in [0.5, 0.6) is 0 Å². The van der Waals surface area contributed by atoms with Gasteiger partial charge in [-0.15, -0.1) is 0 Å². The van der Waals surface area contributed by atoms with Gasteiger partial charge in [0.1, 0.15) is 4.90 Å². The van der Waals surface area contributed by atoms with Gasteiger partial charge in [0.05, 0.1) is 5.02 Å². The Kier molecular flexibility index (Phi) is 7.14. The molecule has 0 spiro atoms. The van der Waals surface area contributed by atoms with Crippen LogP contribution in [0, 0.1) is 5.92 Å². The number of pyridine rings is 1. The van der Waals surface area contributed by atoms with Gasteiger partial charge >= 0.3 is 0 Å². The fourth-order valence-electron chi connectivity index (χ4n) is 4.38. The maximum Gasteiger partial charge on any atom is 0.253 e. The van der Waals surface area contributed by atoms with Gasteiger partial charge < -0.3 is 4.90 Å². The molecule has 9 heteroatoms. The lowest BCUT2D eigenvalue weighted by molar-refractivity contribution is 0.0628. The van der Waals surface area contributed by atoms with Gasteiger partial charge in [-0.05, 0) is 48.6 Å². The lowest BCUT2D eigenvalue weighted by Gasteiger charge is -2.35. The van der Waals surface area contributed by atoms with Gasteiger partial charge in [-0.25, -0.2) is 8.42 Å². The topological polar surface area (TPSA) is 73.8 Å². The molecular weight excluding hydrogens is 448 g/mol. The monoisotopic (exact) mass is 476 g/mol. The highest BCUT2D eigenvalue weighted by Crippen LogP contribution is 2.29. The quantitative estimate of drug-likeness (QED) is 0.663.